The smallest absolute Gasteiger partial charge is 0.394 e. The van der Waals surface area contributed by atoms with Crippen LogP contribution < -0.4 is 5.73 Å². The van der Waals surface area contributed by atoms with Crippen molar-refractivity contribution in [3.63, 3.8) is 0 Å². The average molecular weight is 302 g/mol. The molecule has 12 heteroatoms. The Kier molecular flexibility index (Phi) is 9.83. The third-order valence-corrected chi connectivity index (χ3v) is 1.95. The summed E-state index contributed by atoms with van der Waals surface area (Å²) in [5, 5.41) is 36.1. The van der Waals surface area contributed by atoms with E-state index in [1.807, 2.05) is 0 Å². The maximum atomic E-state index is 9.20. The number of aliphatic hydroxyl groups is 4. The summed E-state index contributed by atoms with van der Waals surface area (Å²) in [4.78, 5) is 0. The number of ether oxygens (including phenoxy) is 1. The van der Waals surface area contributed by atoms with Crippen molar-refractivity contribution in [3.8, 4) is 0 Å². The summed E-state index contributed by atoms with van der Waals surface area (Å²) in [5.74, 6) is 0. The van der Waals surface area contributed by atoms with Crippen molar-refractivity contribution < 1.29 is 42.7 Å². The molecule has 1 saturated heterocycles. The number of rotatable bonds is 1. The van der Waals surface area contributed by atoms with Crippen molar-refractivity contribution >= 4 is 33.5 Å². The van der Waals surface area contributed by atoms with E-state index < -0.39 is 47.6 Å². The Morgan fingerprint density at radius 3 is 1.83 bits per heavy atom. The second-order valence-corrected chi connectivity index (χ2v) is 4.15. The summed E-state index contributed by atoms with van der Waals surface area (Å²) in [6, 6.07) is -1.04. The molecule has 1 aliphatic rings. The minimum atomic E-state index is -4.67. The van der Waals surface area contributed by atoms with Crippen molar-refractivity contribution in [2.24, 2.45) is 5.73 Å². The molecule has 5 atom stereocenters. The van der Waals surface area contributed by atoms with E-state index in [9.17, 15) is 10.2 Å². The van der Waals surface area contributed by atoms with Gasteiger partial charge in [0.15, 0.2) is 6.29 Å². The summed E-state index contributed by atoms with van der Waals surface area (Å²) < 4.78 is 36.3. The van der Waals surface area contributed by atoms with Crippen LogP contribution in [0.25, 0.3) is 0 Å². The summed E-state index contributed by atoms with van der Waals surface area (Å²) >= 11 is 0. The van der Waals surface area contributed by atoms with Gasteiger partial charge in [-0.1, -0.05) is 0 Å². The van der Waals surface area contributed by atoms with Crippen LogP contribution in [0.2, 0.25) is 0 Å². The Balaban J connectivity index is 0. The number of hydrogen-bond acceptors (Lipinski definition) is 8. The Morgan fingerprint density at radius 1 is 1.11 bits per heavy atom. The molecule has 0 radical (unpaired) electrons. The van der Waals surface area contributed by atoms with E-state index >= 15 is 0 Å². The van der Waals surface area contributed by atoms with Gasteiger partial charge in [0.25, 0.3) is 0 Å². The van der Waals surface area contributed by atoms with Gasteiger partial charge in [-0.3, -0.25) is 9.11 Å². The second-order valence-electron chi connectivity index (χ2n) is 3.25. The third kappa shape index (κ3) is 7.75. The van der Waals surface area contributed by atoms with Gasteiger partial charge in [0.1, 0.15) is 18.3 Å². The quantitative estimate of drug-likeness (QED) is 0.184. The van der Waals surface area contributed by atoms with E-state index in [1.54, 1.807) is 0 Å². The number of nitrogens with two attached hydrogens (primary N) is 1. The van der Waals surface area contributed by atoms with E-state index in [0.717, 1.165) is 0 Å². The van der Waals surface area contributed by atoms with Crippen LogP contribution in [0.4, 0.5) is 0 Å². The van der Waals surface area contributed by atoms with E-state index in [4.69, 9.17) is 38.2 Å². The van der Waals surface area contributed by atoms with Crippen LogP contribution in [0.15, 0.2) is 0 Å². The predicted octanol–water partition coefficient (Wildman–Crippen LogP) is -4.29. The molecular formula is C6H15MgNO9S+2. The standard InChI is InChI=1S/C6H13NO5.Mg.H2O4S/c7-3-5(10)4(9)2(1-8)12-6(3)11;;1-5(2,3)4/h2-6,8-11H,1,7H2;;(H2,1,2,3,4)/q;+2;/t2-,3-,4-,5-,6-;;/m1../s1. The molecule has 0 amide bonds. The summed E-state index contributed by atoms with van der Waals surface area (Å²) in [6.07, 6.45) is -4.85. The summed E-state index contributed by atoms with van der Waals surface area (Å²) in [6.45, 7) is -0.470. The van der Waals surface area contributed by atoms with Gasteiger partial charge in [0, 0.05) is 0 Å². The van der Waals surface area contributed by atoms with Crippen LogP contribution in [-0.4, -0.2) is 98.3 Å². The molecule has 0 aromatic carbocycles. The van der Waals surface area contributed by atoms with Crippen LogP contribution in [0.1, 0.15) is 0 Å². The Morgan fingerprint density at radius 2 is 1.50 bits per heavy atom. The fourth-order valence-corrected chi connectivity index (χ4v) is 1.12. The Bertz CT molecular complexity index is 312. The first kappa shape index (κ1) is 20.7. The minimum absolute atomic E-state index is 0. The molecule has 0 saturated carbocycles. The first-order chi connectivity index (χ1) is 7.57. The van der Waals surface area contributed by atoms with E-state index in [2.05, 4.69) is 0 Å². The molecule has 0 aliphatic carbocycles. The average Bonchev–Trinajstić information content (AvgIpc) is 2.18. The van der Waals surface area contributed by atoms with Gasteiger partial charge < -0.3 is 30.9 Å². The summed E-state index contributed by atoms with van der Waals surface area (Å²) in [7, 11) is -4.67. The van der Waals surface area contributed by atoms with Crippen molar-refractivity contribution in [3.05, 3.63) is 0 Å². The molecule has 0 bridgehead atoms. The van der Waals surface area contributed by atoms with Crippen LogP contribution in [0, 0.1) is 0 Å². The normalized spacial score (nSPS) is 36.1. The maximum Gasteiger partial charge on any atom is 2.00 e. The van der Waals surface area contributed by atoms with Gasteiger partial charge in [-0.05, 0) is 0 Å². The molecule has 1 fully saturated rings. The van der Waals surface area contributed by atoms with Crippen molar-refractivity contribution in [1.29, 1.82) is 0 Å². The van der Waals surface area contributed by atoms with E-state index in [1.165, 1.54) is 0 Å². The molecule has 0 spiro atoms. The zero-order valence-corrected chi connectivity index (χ0v) is 11.4. The van der Waals surface area contributed by atoms with Crippen LogP contribution >= 0.6 is 0 Å². The SMILES string of the molecule is N[C@@H]1[C@@H](O)[C@H](O)[C@@H](CO)O[C@H]1O.O=S(=O)(O)O.[Mg+2]. The molecule has 10 nitrogen and oxygen atoms in total. The van der Waals surface area contributed by atoms with Crippen molar-refractivity contribution in [2.45, 2.75) is 30.6 Å². The molecule has 1 heterocycles. The van der Waals surface area contributed by atoms with Crippen LogP contribution in [0.5, 0.6) is 0 Å². The van der Waals surface area contributed by atoms with E-state index in [0.29, 0.717) is 0 Å². The minimum Gasteiger partial charge on any atom is -0.394 e. The fraction of sp³-hybridized carbons (Fsp3) is 1.00. The van der Waals surface area contributed by atoms with Crippen molar-refractivity contribution in [1.82, 2.24) is 0 Å². The van der Waals surface area contributed by atoms with Gasteiger partial charge in [0.05, 0.1) is 12.6 Å². The van der Waals surface area contributed by atoms with Gasteiger partial charge in [-0.15, -0.1) is 0 Å². The Labute approximate surface area is 119 Å². The molecule has 0 aromatic heterocycles. The molecule has 18 heavy (non-hydrogen) atoms. The van der Waals surface area contributed by atoms with Crippen molar-refractivity contribution in [2.75, 3.05) is 6.61 Å². The van der Waals surface area contributed by atoms with Crippen LogP contribution in [-0.2, 0) is 15.1 Å². The zero-order chi connectivity index (χ0) is 13.8. The zero-order valence-electron chi connectivity index (χ0n) is 9.19. The van der Waals surface area contributed by atoms with Gasteiger partial charge in [-0.25, -0.2) is 0 Å². The van der Waals surface area contributed by atoms with Gasteiger partial charge >= 0.3 is 33.5 Å². The molecule has 104 valence electrons. The van der Waals surface area contributed by atoms with Gasteiger partial charge in [-0.2, -0.15) is 8.42 Å². The molecular weight excluding hydrogens is 286 g/mol. The van der Waals surface area contributed by atoms with Crippen LogP contribution in [0.3, 0.4) is 0 Å². The molecule has 1 aliphatic heterocycles. The first-order valence-electron chi connectivity index (χ1n) is 4.34. The number of hydrogen-bond donors (Lipinski definition) is 7. The topological polar surface area (TPSA) is 191 Å². The predicted molar refractivity (Wildman–Crippen MR) is 57.9 cm³/mol. The van der Waals surface area contributed by atoms with Gasteiger partial charge in [0.2, 0.25) is 0 Å². The Hall–Kier alpha value is 0.396. The first-order valence-corrected chi connectivity index (χ1v) is 5.73. The molecule has 0 unspecified atom stereocenters. The molecule has 0 aromatic rings. The fourth-order valence-electron chi connectivity index (χ4n) is 1.12. The second kappa shape index (κ2) is 8.54. The van der Waals surface area contributed by atoms with E-state index in [-0.39, 0.29) is 23.1 Å². The number of aliphatic hydroxyl groups excluding tert-OH is 4. The monoisotopic (exact) mass is 301 g/mol. The third-order valence-electron chi connectivity index (χ3n) is 1.95. The molecule has 8 N–H and O–H groups in total. The summed E-state index contributed by atoms with van der Waals surface area (Å²) in [5.41, 5.74) is 5.26. The largest absolute Gasteiger partial charge is 2.00 e. The maximum absolute atomic E-state index is 9.20. The molecule has 1 rings (SSSR count).